The van der Waals surface area contributed by atoms with Gasteiger partial charge in [0.15, 0.2) is 0 Å². The summed E-state index contributed by atoms with van der Waals surface area (Å²) < 4.78 is 0. The van der Waals surface area contributed by atoms with E-state index in [0.717, 1.165) is 11.5 Å². The lowest BCUT2D eigenvalue weighted by molar-refractivity contribution is 0.585. The minimum Gasteiger partial charge on any atom is -0.256 e. The van der Waals surface area contributed by atoms with Crippen molar-refractivity contribution < 1.29 is 0 Å². The molecule has 68 valence electrons. The van der Waals surface area contributed by atoms with E-state index in [9.17, 15) is 0 Å². The van der Waals surface area contributed by atoms with Gasteiger partial charge in [-0.3, -0.25) is 4.99 Å². The second-order valence-corrected chi connectivity index (χ2v) is 4.43. The van der Waals surface area contributed by atoms with Gasteiger partial charge in [-0.1, -0.05) is 39.0 Å². The molecule has 0 saturated carbocycles. The van der Waals surface area contributed by atoms with Crippen molar-refractivity contribution in [2.24, 2.45) is 15.4 Å². The minimum atomic E-state index is 0.0615. The highest BCUT2D eigenvalue weighted by Crippen LogP contribution is 2.24. The first kappa shape index (κ1) is 8.42. The molecule has 0 fully saturated rings. The number of rotatable bonds is 0. The highest BCUT2D eigenvalue weighted by atomic mass is 15.0. The average Bonchev–Trinajstić information content (AvgIpc) is 2.45. The Labute approximate surface area is 78.8 Å². The van der Waals surface area contributed by atoms with Crippen molar-refractivity contribution in [3.05, 3.63) is 24.3 Å². The smallest absolute Gasteiger partial charge is 0.130 e. The van der Waals surface area contributed by atoms with Crippen LogP contribution in [-0.4, -0.2) is 17.6 Å². The van der Waals surface area contributed by atoms with Crippen LogP contribution in [0.15, 0.2) is 34.3 Å². The molecule has 0 amide bonds. The van der Waals surface area contributed by atoms with Crippen molar-refractivity contribution in [1.82, 2.24) is 0 Å². The van der Waals surface area contributed by atoms with Crippen LogP contribution in [0.1, 0.15) is 20.8 Å². The summed E-state index contributed by atoms with van der Waals surface area (Å²) in [5.41, 5.74) is 1.14. The standard InChI is InChI=1S/C11H14N2/c1-11(2,3)10-12-8-6-4-5-7-9(8)13-10/h4-8H,1-3H3. The molecular formula is C11H14N2. The Bertz CT molecular complexity index is 338. The van der Waals surface area contributed by atoms with E-state index in [4.69, 9.17) is 0 Å². The molecule has 0 saturated heterocycles. The Balaban J connectivity index is 2.33. The molecule has 1 unspecified atom stereocenters. The van der Waals surface area contributed by atoms with Crippen LogP contribution in [-0.2, 0) is 0 Å². The van der Waals surface area contributed by atoms with Gasteiger partial charge in [0.1, 0.15) is 11.9 Å². The lowest BCUT2D eigenvalue weighted by Crippen LogP contribution is -2.16. The normalized spacial score (nSPS) is 25.6. The fraction of sp³-hybridized carbons (Fsp3) is 0.455. The van der Waals surface area contributed by atoms with Gasteiger partial charge >= 0.3 is 0 Å². The molecule has 0 radical (unpaired) electrons. The van der Waals surface area contributed by atoms with Gasteiger partial charge in [-0.15, -0.1) is 0 Å². The minimum absolute atomic E-state index is 0.0615. The summed E-state index contributed by atoms with van der Waals surface area (Å²) in [5.74, 6) is 0.962. The molecule has 2 nitrogen and oxygen atoms in total. The molecule has 1 atom stereocenters. The van der Waals surface area contributed by atoms with Crippen molar-refractivity contribution in [3.8, 4) is 0 Å². The van der Waals surface area contributed by atoms with Crippen molar-refractivity contribution in [2.75, 3.05) is 0 Å². The highest BCUT2D eigenvalue weighted by molar-refractivity contribution is 6.14. The first-order valence-electron chi connectivity index (χ1n) is 4.59. The van der Waals surface area contributed by atoms with Crippen LogP contribution in [0.2, 0.25) is 0 Å². The van der Waals surface area contributed by atoms with Crippen molar-refractivity contribution in [1.29, 1.82) is 0 Å². The molecule has 1 aliphatic heterocycles. The Hall–Kier alpha value is -1.18. The van der Waals surface area contributed by atoms with Crippen LogP contribution in [0.4, 0.5) is 0 Å². The van der Waals surface area contributed by atoms with Crippen LogP contribution in [0, 0.1) is 5.41 Å². The molecule has 0 aromatic rings. The predicted octanol–water partition coefficient (Wildman–Crippen LogP) is 2.38. The molecule has 2 rings (SSSR count). The molecular weight excluding hydrogens is 160 g/mol. The second-order valence-electron chi connectivity index (χ2n) is 4.43. The summed E-state index contributed by atoms with van der Waals surface area (Å²) >= 11 is 0. The van der Waals surface area contributed by atoms with Crippen LogP contribution in [0.25, 0.3) is 0 Å². The number of fused-ring (bicyclic) bond motifs is 1. The molecule has 0 aromatic carbocycles. The third-order valence-corrected chi connectivity index (χ3v) is 2.14. The Kier molecular flexibility index (Phi) is 1.72. The number of aliphatic imine (C=N–C) groups is 2. The number of hydrogen-bond donors (Lipinski definition) is 0. The van der Waals surface area contributed by atoms with Gasteiger partial charge in [0.25, 0.3) is 0 Å². The number of hydrogen-bond acceptors (Lipinski definition) is 2. The van der Waals surface area contributed by atoms with E-state index in [-0.39, 0.29) is 11.5 Å². The van der Waals surface area contributed by atoms with E-state index in [1.165, 1.54) is 0 Å². The number of nitrogens with zero attached hydrogens (tertiary/aromatic N) is 2. The predicted molar refractivity (Wildman–Crippen MR) is 56.4 cm³/mol. The molecule has 0 N–H and O–H groups in total. The van der Waals surface area contributed by atoms with Gasteiger partial charge in [0, 0.05) is 5.41 Å². The monoisotopic (exact) mass is 174 g/mol. The summed E-state index contributed by atoms with van der Waals surface area (Å²) in [6.45, 7) is 6.42. The van der Waals surface area contributed by atoms with Crippen LogP contribution in [0.5, 0.6) is 0 Å². The third kappa shape index (κ3) is 1.48. The van der Waals surface area contributed by atoms with Crippen molar-refractivity contribution >= 4 is 11.5 Å². The quantitative estimate of drug-likeness (QED) is 0.538. The van der Waals surface area contributed by atoms with Crippen LogP contribution in [0.3, 0.4) is 0 Å². The van der Waals surface area contributed by atoms with Gasteiger partial charge in [0.2, 0.25) is 0 Å². The van der Waals surface area contributed by atoms with Gasteiger partial charge in [-0.25, -0.2) is 4.99 Å². The van der Waals surface area contributed by atoms with E-state index in [0.29, 0.717) is 0 Å². The van der Waals surface area contributed by atoms with Crippen LogP contribution >= 0.6 is 0 Å². The van der Waals surface area contributed by atoms with E-state index < -0.39 is 0 Å². The summed E-state index contributed by atoms with van der Waals surface area (Å²) in [7, 11) is 0. The molecule has 13 heavy (non-hydrogen) atoms. The molecule has 0 spiro atoms. The van der Waals surface area contributed by atoms with E-state index in [1.54, 1.807) is 0 Å². The summed E-state index contributed by atoms with van der Waals surface area (Å²) in [5, 5.41) is 0. The van der Waals surface area contributed by atoms with Crippen molar-refractivity contribution in [2.45, 2.75) is 26.8 Å². The lowest BCUT2D eigenvalue weighted by Gasteiger charge is -2.14. The zero-order chi connectivity index (χ0) is 9.47. The maximum atomic E-state index is 4.56. The first-order chi connectivity index (χ1) is 6.07. The summed E-state index contributed by atoms with van der Waals surface area (Å²) in [6, 6.07) is 0.180. The van der Waals surface area contributed by atoms with E-state index in [2.05, 4.69) is 36.8 Å². The topological polar surface area (TPSA) is 24.7 Å². The summed E-state index contributed by atoms with van der Waals surface area (Å²) in [6.07, 6.45) is 8.15. The number of allylic oxidation sites excluding steroid dienone is 2. The molecule has 2 aliphatic rings. The van der Waals surface area contributed by atoms with Gasteiger partial charge in [0.05, 0.1) is 5.71 Å². The fourth-order valence-electron chi connectivity index (χ4n) is 1.38. The third-order valence-electron chi connectivity index (χ3n) is 2.14. The maximum absolute atomic E-state index is 4.56. The number of amidine groups is 1. The van der Waals surface area contributed by atoms with E-state index in [1.807, 2.05) is 18.2 Å². The molecule has 0 aromatic heterocycles. The Morgan fingerprint density at radius 2 is 2.00 bits per heavy atom. The van der Waals surface area contributed by atoms with Gasteiger partial charge < -0.3 is 0 Å². The first-order valence-corrected chi connectivity index (χ1v) is 4.59. The Morgan fingerprint density at radius 3 is 2.62 bits per heavy atom. The zero-order valence-corrected chi connectivity index (χ0v) is 8.28. The fourth-order valence-corrected chi connectivity index (χ4v) is 1.38. The Morgan fingerprint density at radius 1 is 1.23 bits per heavy atom. The summed E-state index contributed by atoms with van der Waals surface area (Å²) in [4.78, 5) is 9.07. The molecule has 2 heteroatoms. The van der Waals surface area contributed by atoms with Crippen LogP contribution < -0.4 is 0 Å². The second kappa shape index (κ2) is 2.66. The lowest BCUT2D eigenvalue weighted by atomic mass is 9.95. The SMILES string of the molecule is CC(C)(C)C1=NC2C=CC=CC2=N1. The highest BCUT2D eigenvalue weighted by Gasteiger charge is 2.27. The maximum Gasteiger partial charge on any atom is 0.130 e. The van der Waals surface area contributed by atoms with Crippen molar-refractivity contribution in [3.63, 3.8) is 0 Å². The van der Waals surface area contributed by atoms with E-state index >= 15 is 0 Å². The largest absolute Gasteiger partial charge is 0.256 e. The molecule has 1 heterocycles. The molecule has 0 bridgehead atoms. The van der Waals surface area contributed by atoms with Gasteiger partial charge in [-0.2, -0.15) is 0 Å². The average molecular weight is 174 g/mol. The molecule has 1 aliphatic carbocycles. The zero-order valence-electron chi connectivity index (χ0n) is 8.28. The van der Waals surface area contributed by atoms with Gasteiger partial charge in [-0.05, 0) is 6.08 Å².